The van der Waals surface area contributed by atoms with Gasteiger partial charge >= 0.3 is 6.03 Å². The Labute approximate surface area is 163 Å². The van der Waals surface area contributed by atoms with Crippen LogP contribution < -0.4 is 19.7 Å². The number of carbonyl (C=O) groups excluding carboxylic acids is 1. The average Bonchev–Trinajstić information content (AvgIpc) is 3.16. The highest BCUT2D eigenvalue weighted by atomic mass is 35.5. The number of urea groups is 1. The van der Waals surface area contributed by atoms with Crippen LogP contribution in [0.3, 0.4) is 0 Å². The summed E-state index contributed by atoms with van der Waals surface area (Å²) in [5.41, 5.74) is 2.22. The first-order valence-electron chi connectivity index (χ1n) is 9.11. The number of nitrogens with zero attached hydrogens (tertiary/aromatic N) is 2. The van der Waals surface area contributed by atoms with Crippen molar-refractivity contribution in [3.05, 3.63) is 53.1 Å². The van der Waals surface area contributed by atoms with Crippen LogP contribution in [0.1, 0.15) is 5.56 Å². The predicted molar refractivity (Wildman–Crippen MR) is 105 cm³/mol. The third kappa shape index (κ3) is 4.22. The topological polar surface area (TPSA) is 54.0 Å². The Morgan fingerprint density at radius 2 is 1.85 bits per heavy atom. The van der Waals surface area contributed by atoms with Crippen LogP contribution in [0.2, 0.25) is 5.02 Å². The van der Waals surface area contributed by atoms with E-state index in [1.807, 2.05) is 47.4 Å². The van der Waals surface area contributed by atoms with E-state index in [0.29, 0.717) is 19.6 Å². The molecule has 0 unspecified atom stereocenters. The molecule has 0 spiro atoms. The summed E-state index contributed by atoms with van der Waals surface area (Å²) >= 11 is 6.07. The first kappa shape index (κ1) is 17.8. The zero-order chi connectivity index (χ0) is 18.6. The molecular formula is C20H22ClN3O3. The van der Waals surface area contributed by atoms with Crippen LogP contribution in [-0.2, 0) is 6.42 Å². The summed E-state index contributed by atoms with van der Waals surface area (Å²) in [7, 11) is 0. The molecule has 2 heterocycles. The molecule has 0 saturated carbocycles. The molecule has 6 nitrogen and oxygen atoms in total. The fourth-order valence-electron chi connectivity index (χ4n) is 3.36. The minimum absolute atomic E-state index is 0.0125. The summed E-state index contributed by atoms with van der Waals surface area (Å²) < 4.78 is 10.7. The zero-order valence-electron chi connectivity index (χ0n) is 15.0. The molecule has 1 saturated heterocycles. The number of halogens is 1. The fourth-order valence-corrected chi connectivity index (χ4v) is 3.55. The van der Waals surface area contributed by atoms with Crippen molar-refractivity contribution in [3.63, 3.8) is 0 Å². The number of amides is 2. The maximum atomic E-state index is 12.4. The molecule has 0 atom stereocenters. The summed E-state index contributed by atoms with van der Waals surface area (Å²) in [6, 6.07) is 13.7. The van der Waals surface area contributed by atoms with Gasteiger partial charge in [-0.2, -0.15) is 0 Å². The summed E-state index contributed by atoms with van der Waals surface area (Å²) in [6.07, 6.45) is 0.755. The van der Waals surface area contributed by atoms with Gasteiger partial charge in [0, 0.05) is 43.4 Å². The van der Waals surface area contributed by atoms with Crippen molar-refractivity contribution >= 4 is 23.3 Å². The van der Waals surface area contributed by atoms with Gasteiger partial charge in [0.05, 0.1) is 0 Å². The van der Waals surface area contributed by atoms with Crippen LogP contribution >= 0.6 is 11.6 Å². The van der Waals surface area contributed by atoms with Gasteiger partial charge in [-0.3, -0.25) is 0 Å². The minimum Gasteiger partial charge on any atom is -0.454 e. The lowest BCUT2D eigenvalue weighted by Crippen LogP contribution is -2.52. The highest BCUT2D eigenvalue weighted by Crippen LogP contribution is 2.32. The lowest BCUT2D eigenvalue weighted by atomic mass is 10.1. The smallest absolute Gasteiger partial charge is 0.317 e. The van der Waals surface area contributed by atoms with E-state index in [9.17, 15) is 4.79 Å². The Bertz CT molecular complexity index is 822. The van der Waals surface area contributed by atoms with E-state index in [-0.39, 0.29) is 12.8 Å². The number of rotatable bonds is 4. The number of nitrogens with one attached hydrogen (secondary N) is 1. The molecule has 0 bridgehead atoms. The highest BCUT2D eigenvalue weighted by molar-refractivity contribution is 6.30. The largest absolute Gasteiger partial charge is 0.454 e. The van der Waals surface area contributed by atoms with E-state index in [1.165, 1.54) is 0 Å². The number of anilines is 1. The second-order valence-corrected chi connectivity index (χ2v) is 7.06. The van der Waals surface area contributed by atoms with Crippen molar-refractivity contribution in [2.24, 2.45) is 0 Å². The van der Waals surface area contributed by atoms with Gasteiger partial charge in [-0.1, -0.05) is 23.7 Å². The van der Waals surface area contributed by atoms with E-state index >= 15 is 0 Å². The van der Waals surface area contributed by atoms with E-state index in [4.69, 9.17) is 21.1 Å². The van der Waals surface area contributed by atoms with Crippen LogP contribution in [0, 0.1) is 0 Å². The quantitative estimate of drug-likeness (QED) is 0.875. The molecule has 1 N–H and O–H groups in total. The second kappa shape index (κ2) is 7.96. The zero-order valence-corrected chi connectivity index (χ0v) is 15.7. The molecule has 2 aliphatic rings. The Morgan fingerprint density at radius 1 is 1.04 bits per heavy atom. The average molecular weight is 388 g/mol. The first-order valence-corrected chi connectivity index (χ1v) is 9.49. The third-order valence-electron chi connectivity index (χ3n) is 4.87. The number of fused-ring (bicyclic) bond motifs is 1. The van der Waals surface area contributed by atoms with Crippen molar-refractivity contribution in [1.82, 2.24) is 10.2 Å². The van der Waals surface area contributed by atoms with E-state index in [0.717, 1.165) is 47.3 Å². The van der Waals surface area contributed by atoms with Gasteiger partial charge in [-0.25, -0.2) is 4.79 Å². The molecule has 2 aliphatic heterocycles. The van der Waals surface area contributed by atoms with Gasteiger partial charge in [0.15, 0.2) is 11.5 Å². The fraction of sp³-hybridized carbons (Fsp3) is 0.350. The summed E-state index contributed by atoms with van der Waals surface area (Å²) in [5.74, 6) is 1.55. The predicted octanol–water partition coefficient (Wildman–Crippen LogP) is 3.14. The molecule has 0 radical (unpaired) electrons. The van der Waals surface area contributed by atoms with Gasteiger partial charge in [-0.05, 0) is 42.3 Å². The van der Waals surface area contributed by atoms with Crippen LogP contribution in [0.4, 0.5) is 10.5 Å². The Balaban J connectivity index is 1.23. The van der Waals surface area contributed by atoms with Gasteiger partial charge in [0.1, 0.15) is 0 Å². The Hall–Kier alpha value is -2.60. The van der Waals surface area contributed by atoms with Gasteiger partial charge in [0.25, 0.3) is 0 Å². The summed E-state index contributed by atoms with van der Waals surface area (Å²) in [5, 5.41) is 3.74. The maximum absolute atomic E-state index is 12.4. The van der Waals surface area contributed by atoms with Gasteiger partial charge < -0.3 is 24.6 Å². The molecular weight excluding hydrogens is 366 g/mol. The summed E-state index contributed by atoms with van der Waals surface area (Å²) in [4.78, 5) is 16.5. The number of piperazine rings is 1. The van der Waals surface area contributed by atoms with Crippen molar-refractivity contribution in [3.8, 4) is 11.5 Å². The third-order valence-corrected chi connectivity index (χ3v) is 5.10. The monoisotopic (exact) mass is 387 g/mol. The normalized spacial score (nSPS) is 15.7. The Morgan fingerprint density at radius 3 is 2.67 bits per heavy atom. The lowest BCUT2D eigenvalue weighted by molar-refractivity contribution is 0.174. The summed E-state index contributed by atoms with van der Waals surface area (Å²) in [6.45, 7) is 3.86. The Kier molecular flexibility index (Phi) is 5.25. The molecule has 7 heteroatoms. The van der Waals surface area contributed by atoms with Crippen LogP contribution in [0.5, 0.6) is 11.5 Å². The molecule has 4 rings (SSSR count). The highest BCUT2D eigenvalue weighted by Gasteiger charge is 2.21. The molecule has 0 aromatic heterocycles. The lowest BCUT2D eigenvalue weighted by Gasteiger charge is -2.36. The first-order chi connectivity index (χ1) is 13.2. The minimum atomic E-state index is -0.0125. The van der Waals surface area contributed by atoms with Crippen LogP contribution in [0.15, 0.2) is 42.5 Å². The molecule has 27 heavy (non-hydrogen) atoms. The van der Waals surface area contributed by atoms with Crippen molar-refractivity contribution < 1.29 is 14.3 Å². The molecule has 2 aromatic carbocycles. The maximum Gasteiger partial charge on any atom is 0.317 e. The van der Waals surface area contributed by atoms with Gasteiger partial charge in [-0.15, -0.1) is 0 Å². The van der Waals surface area contributed by atoms with Crippen molar-refractivity contribution in [2.45, 2.75) is 6.42 Å². The molecule has 142 valence electrons. The van der Waals surface area contributed by atoms with Crippen molar-refractivity contribution in [2.75, 3.05) is 44.4 Å². The SMILES string of the molecule is O=C(NCCc1ccc2c(c1)OCO2)N1CCN(c2cccc(Cl)c2)CC1. The number of hydrogen-bond donors (Lipinski definition) is 1. The van der Waals surface area contributed by atoms with Crippen molar-refractivity contribution in [1.29, 1.82) is 0 Å². The molecule has 2 aromatic rings. The second-order valence-electron chi connectivity index (χ2n) is 6.62. The number of ether oxygens (including phenoxy) is 2. The number of hydrogen-bond acceptors (Lipinski definition) is 4. The van der Waals surface area contributed by atoms with Gasteiger partial charge in [0.2, 0.25) is 6.79 Å². The van der Waals surface area contributed by atoms with E-state index in [1.54, 1.807) is 0 Å². The standard InChI is InChI=1S/C20H22ClN3O3/c21-16-2-1-3-17(13-16)23-8-10-24(11-9-23)20(25)22-7-6-15-4-5-18-19(12-15)27-14-26-18/h1-5,12-13H,6-11,14H2,(H,22,25). The van der Waals surface area contributed by atoms with E-state index < -0.39 is 0 Å². The van der Waals surface area contributed by atoms with E-state index in [2.05, 4.69) is 10.2 Å². The number of benzene rings is 2. The molecule has 1 fully saturated rings. The number of carbonyl (C=O) groups is 1. The van der Waals surface area contributed by atoms with Crippen LogP contribution in [-0.4, -0.2) is 50.4 Å². The molecule has 0 aliphatic carbocycles. The molecule has 2 amide bonds. The van der Waals surface area contributed by atoms with Crippen LogP contribution in [0.25, 0.3) is 0 Å².